The Balaban J connectivity index is 1.56. The summed E-state index contributed by atoms with van der Waals surface area (Å²) in [6, 6.07) is 1.96. The van der Waals surface area contributed by atoms with Gasteiger partial charge in [0.25, 0.3) is 0 Å². The lowest BCUT2D eigenvalue weighted by Crippen LogP contribution is -2.36. The van der Waals surface area contributed by atoms with Crippen LogP contribution in [0.2, 0.25) is 0 Å². The van der Waals surface area contributed by atoms with Gasteiger partial charge in [-0.15, -0.1) is 0 Å². The van der Waals surface area contributed by atoms with Crippen LogP contribution in [0.5, 0.6) is 0 Å². The van der Waals surface area contributed by atoms with Crippen molar-refractivity contribution in [2.75, 3.05) is 43.1 Å². The van der Waals surface area contributed by atoms with Gasteiger partial charge in [-0.25, -0.2) is 15.0 Å². The van der Waals surface area contributed by atoms with Gasteiger partial charge in [0.2, 0.25) is 0 Å². The Morgan fingerprint density at radius 2 is 2.10 bits per heavy atom. The van der Waals surface area contributed by atoms with E-state index in [1.165, 1.54) is 6.33 Å². The molecule has 1 saturated heterocycles. The van der Waals surface area contributed by atoms with E-state index in [1.54, 1.807) is 17.3 Å². The maximum Gasteiger partial charge on any atom is 0.137 e. The summed E-state index contributed by atoms with van der Waals surface area (Å²) in [5, 5.41) is 7.31. The van der Waals surface area contributed by atoms with Gasteiger partial charge in [0.05, 0.1) is 19.8 Å². The second-order valence-electron chi connectivity index (χ2n) is 4.45. The van der Waals surface area contributed by atoms with Crippen molar-refractivity contribution in [1.82, 2.24) is 24.7 Å². The first kappa shape index (κ1) is 12.8. The lowest BCUT2D eigenvalue weighted by atomic mass is 10.4. The summed E-state index contributed by atoms with van der Waals surface area (Å²) in [5.74, 6) is 1.76. The minimum absolute atomic E-state index is 0.739. The normalized spacial score (nSPS) is 15.3. The predicted molar refractivity (Wildman–Crippen MR) is 73.6 cm³/mol. The van der Waals surface area contributed by atoms with E-state index in [0.717, 1.165) is 51.0 Å². The minimum atomic E-state index is 0.739. The van der Waals surface area contributed by atoms with Gasteiger partial charge in [0, 0.05) is 25.7 Å². The molecule has 0 bridgehead atoms. The molecule has 0 unspecified atom stereocenters. The molecule has 106 valence electrons. The second kappa shape index (κ2) is 6.29. The lowest BCUT2D eigenvalue weighted by molar-refractivity contribution is 0.122. The van der Waals surface area contributed by atoms with Gasteiger partial charge in [-0.05, 0) is 0 Å². The number of rotatable bonds is 5. The van der Waals surface area contributed by atoms with Crippen molar-refractivity contribution < 1.29 is 4.74 Å². The van der Waals surface area contributed by atoms with Crippen molar-refractivity contribution in [1.29, 1.82) is 0 Å². The molecule has 0 amide bonds. The Kier molecular flexibility index (Phi) is 4.02. The molecule has 0 aromatic carbocycles. The molecule has 3 heterocycles. The van der Waals surface area contributed by atoms with Gasteiger partial charge < -0.3 is 15.0 Å². The molecule has 8 nitrogen and oxygen atoms in total. The molecule has 2 aromatic heterocycles. The molecular formula is C12H17N7O. The molecule has 3 rings (SSSR count). The highest BCUT2D eigenvalue weighted by Gasteiger charge is 2.12. The van der Waals surface area contributed by atoms with Crippen molar-refractivity contribution >= 4 is 11.6 Å². The van der Waals surface area contributed by atoms with E-state index < -0.39 is 0 Å². The fourth-order valence-corrected chi connectivity index (χ4v) is 2.06. The maximum atomic E-state index is 5.34. The zero-order valence-electron chi connectivity index (χ0n) is 11.1. The largest absolute Gasteiger partial charge is 0.378 e. The smallest absolute Gasteiger partial charge is 0.137 e. The number of nitrogens with zero attached hydrogens (tertiary/aromatic N) is 6. The van der Waals surface area contributed by atoms with Gasteiger partial charge >= 0.3 is 0 Å². The van der Waals surface area contributed by atoms with Crippen molar-refractivity contribution in [2.24, 2.45) is 0 Å². The average Bonchev–Trinajstić information content (AvgIpc) is 3.02. The Labute approximate surface area is 116 Å². The summed E-state index contributed by atoms with van der Waals surface area (Å²) in [6.07, 6.45) is 4.81. The summed E-state index contributed by atoms with van der Waals surface area (Å²) < 4.78 is 7.12. The molecule has 0 saturated carbocycles. The first-order valence-electron chi connectivity index (χ1n) is 6.63. The molecule has 1 aliphatic rings. The number of nitrogens with one attached hydrogen (secondary N) is 1. The quantitative estimate of drug-likeness (QED) is 0.823. The van der Waals surface area contributed by atoms with Crippen molar-refractivity contribution in [3.8, 4) is 0 Å². The average molecular weight is 275 g/mol. The third kappa shape index (κ3) is 3.21. The molecule has 0 spiro atoms. The minimum Gasteiger partial charge on any atom is -0.378 e. The molecular weight excluding hydrogens is 258 g/mol. The van der Waals surface area contributed by atoms with Crippen LogP contribution in [0.15, 0.2) is 25.0 Å². The number of anilines is 2. The molecule has 1 N–H and O–H groups in total. The van der Waals surface area contributed by atoms with Crippen molar-refractivity contribution in [2.45, 2.75) is 6.54 Å². The topological polar surface area (TPSA) is 81.0 Å². The summed E-state index contributed by atoms with van der Waals surface area (Å²) >= 11 is 0. The van der Waals surface area contributed by atoms with Crippen LogP contribution in [0.1, 0.15) is 0 Å². The van der Waals surface area contributed by atoms with Crippen LogP contribution in [0.25, 0.3) is 0 Å². The summed E-state index contributed by atoms with van der Waals surface area (Å²) in [5.41, 5.74) is 0. The van der Waals surface area contributed by atoms with E-state index in [0.29, 0.717) is 0 Å². The standard InChI is InChI=1S/C12H17N7O/c1(2-19-10-13-8-17-19)14-11-7-12(16-9-15-11)18-3-5-20-6-4-18/h7-10H,1-6H2,(H,14,15,16). The Bertz CT molecular complexity index is 524. The number of aromatic nitrogens is 5. The van der Waals surface area contributed by atoms with Gasteiger partial charge in [-0.2, -0.15) is 5.10 Å². The first-order chi connectivity index (χ1) is 9.92. The first-order valence-corrected chi connectivity index (χ1v) is 6.63. The Morgan fingerprint density at radius 1 is 1.20 bits per heavy atom. The van der Waals surface area contributed by atoms with Crippen LogP contribution in [0.3, 0.4) is 0 Å². The van der Waals surface area contributed by atoms with Gasteiger partial charge in [-0.3, -0.25) is 4.68 Å². The van der Waals surface area contributed by atoms with E-state index in [-0.39, 0.29) is 0 Å². The number of hydrogen-bond donors (Lipinski definition) is 1. The van der Waals surface area contributed by atoms with Crippen LogP contribution in [-0.2, 0) is 11.3 Å². The van der Waals surface area contributed by atoms with E-state index in [1.807, 2.05) is 6.07 Å². The highest BCUT2D eigenvalue weighted by atomic mass is 16.5. The Hall–Kier alpha value is -2.22. The molecule has 0 aliphatic carbocycles. The fraction of sp³-hybridized carbons (Fsp3) is 0.500. The van der Waals surface area contributed by atoms with Crippen LogP contribution in [0, 0.1) is 0 Å². The van der Waals surface area contributed by atoms with E-state index in [2.05, 4.69) is 30.3 Å². The van der Waals surface area contributed by atoms with Gasteiger partial charge in [0.15, 0.2) is 0 Å². The molecule has 1 fully saturated rings. The van der Waals surface area contributed by atoms with Crippen molar-refractivity contribution in [3.63, 3.8) is 0 Å². The highest BCUT2D eigenvalue weighted by molar-refractivity contribution is 5.48. The van der Waals surface area contributed by atoms with E-state index >= 15 is 0 Å². The summed E-state index contributed by atoms with van der Waals surface area (Å²) in [6.45, 7) is 4.72. The van der Waals surface area contributed by atoms with Crippen LogP contribution < -0.4 is 10.2 Å². The van der Waals surface area contributed by atoms with Gasteiger partial charge in [0.1, 0.15) is 30.6 Å². The second-order valence-corrected chi connectivity index (χ2v) is 4.45. The number of morpholine rings is 1. The monoisotopic (exact) mass is 275 g/mol. The van der Waals surface area contributed by atoms with E-state index in [9.17, 15) is 0 Å². The maximum absolute atomic E-state index is 5.34. The zero-order chi connectivity index (χ0) is 13.6. The zero-order valence-corrected chi connectivity index (χ0v) is 11.1. The molecule has 2 aromatic rings. The molecule has 0 radical (unpaired) electrons. The molecule has 0 atom stereocenters. The fourth-order valence-electron chi connectivity index (χ4n) is 2.06. The SMILES string of the molecule is c1nc(NCCn2cncn2)cc(N2CCOCC2)n1. The summed E-state index contributed by atoms with van der Waals surface area (Å²) in [7, 11) is 0. The number of hydrogen-bond acceptors (Lipinski definition) is 7. The highest BCUT2D eigenvalue weighted by Crippen LogP contribution is 2.15. The van der Waals surface area contributed by atoms with Crippen LogP contribution in [-0.4, -0.2) is 57.6 Å². The third-order valence-electron chi connectivity index (χ3n) is 3.10. The predicted octanol–water partition coefficient (Wildman–Crippen LogP) is 0.0168. The number of ether oxygens (including phenoxy) is 1. The van der Waals surface area contributed by atoms with Gasteiger partial charge in [-0.1, -0.05) is 0 Å². The van der Waals surface area contributed by atoms with E-state index in [4.69, 9.17) is 4.74 Å². The van der Waals surface area contributed by atoms with Crippen molar-refractivity contribution in [3.05, 3.63) is 25.0 Å². The Morgan fingerprint density at radius 3 is 2.90 bits per heavy atom. The lowest BCUT2D eigenvalue weighted by Gasteiger charge is -2.27. The third-order valence-corrected chi connectivity index (χ3v) is 3.10. The molecule has 1 aliphatic heterocycles. The molecule has 20 heavy (non-hydrogen) atoms. The summed E-state index contributed by atoms with van der Waals surface area (Å²) in [4.78, 5) is 14.6. The van der Waals surface area contributed by atoms with Crippen LogP contribution in [0.4, 0.5) is 11.6 Å². The van der Waals surface area contributed by atoms with Crippen LogP contribution >= 0.6 is 0 Å². The molecule has 8 heteroatoms.